The smallest absolute Gasteiger partial charge is 0.303 e. The Labute approximate surface area is 249 Å². The normalized spacial score (nSPS) is 16.8. The monoisotopic (exact) mass is 584 g/mol. The number of hydrogen-bond acceptors (Lipinski definition) is 4. The number of carbonyl (C=O) groups is 4. The third-order valence-corrected chi connectivity index (χ3v) is 8.11. The summed E-state index contributed by atoms with van der Waals surface area (Å²) in [5, 5.41) is 24.6. The minimum atomic E-state index is -0.922. The molecule has 10 nitrogen and oxygen atoms in total. The van der Waals surface area contributed by atoms with E-state index in [9.17, 15) is 29.4 Å². The second-order valence-electron chi connectivity index (χ2n) is 10.7. The summed E-state index contributed by atoms with van der Waals surface area (Å²) < 4.78 is 0. The minimum Gasteiger partial charge on any atom is -0.481 e. The maximum absolute atomic E-state index is 12.3. The molecule has 0 aromatic carbocycles. The minimum absolute atomic E-state index is 0.0688. The van der Waals surface area contributed by atoms with Gasteiger partial charge in [-0.2, -0.15) is 0 Å². The van der Waals surface area contributed by atoms with Gasteiger partial charge in [-0.25, -0.2) is 0 Å². The van der Waals surface area contributed by atoms with Crippen molar-refractivity contribution in [3.05, 3.63) is 104 Å². The summed E-state index contributed by atoms with van der Waals surface area (Å²) in [5.74, 6) is -2.28. The Balaban J connectivity index is 1.80. The molecule has 4 rings (SSSR count). The molecule has 10 heteroatoms. The molecule has 2 amide bonds. The van der Waals surface area contributed by atoms with Gasteiger partial charge in [-0.05, 0) is 80.5 Å². The van der Waals surface area contributed by atoms with E-state index in [1.54, 1.807) is 13.0 Å². The highest BCUT2D eigenvalue weighted by molar-refractivity contribution is 6.03. The van der Waals surface area contributed by atoms with Crippen LogP contribution in [0, 0.1) is 13.8 Å². The molecule has 0 radical (unpaired) electrons. The van der Waals surface area contributed by atoms with E-state index in [0.29, 0.717) is 34.5 Å². The number of amides is 2. The van der Waals surface area contributed by atoms with E-state index in [-0.39, 0.29) is 37.5 Å². The molecular weight excluding hydrogens is 548 g/mol. The quantitative estimate of drug-likeness (QED) is 0.215. The van der Waals surface area contributed by atoms with Crippen LogP contribution in [0.2, 0.25) is 0 Å². The van der Waals surface area contributed by atoms with E-state index in [4.69, 9.17) is 0 Å². The van der Waals surface area contributed by atoms with Crippen LogP contribution in [0.1, 0.15) is 71.7 Å². The van der Waals surface area contributed by atoms with E-state index in [2.05, 4.69) is 33.8 Å². The number of carboxylic acids is 2. The standard InChI is InChI=1S/C33H36N4O6/c1-7-20-19(6)32(42)37-27(20)14-25-18(5)23(10-12-31(40)41)29(35-25)15-28-22(9-11-30(38)39)17(4)24(34-28)13-26-16(3)21(8-2)33(43)36-26/h7-8,13-14,34-35H,1-2,9-12,15H2,3-6H3,(H,36,43)(H,37,42)(H,38,39)(H,40,41). The Kier molecular flexibility index (Phi) is 8.89. The summed E-state index contributed by atoms with van der Waals surface area (Å²) in [5.41, 5.74) is 10.2. The topological polar surface area (TPSA) is 164 Å². The van der Waals surface area contributed by atoms with Gasteiger partial charge in [0.2, 0.25) is 0 Å². The first-order valence-electron chi connectivity index (χ1n) is 13.9. The summed E-state index contributed by atoms with van der Waals surface area (Å²) in [6.45, 7) is 14.9. The van der Waals surface area contributed by atoms with E-state index in [1.807, 2.05) is 32.9 Å². The molecule has 4 heterocycles. The van der Waals surface area contributed by atoms with Crippen LogP contribution in [0.5, 0.6) is 0 Å². The van der Waals surface area contributed by atoms with Crippen LogP contribution in [0.25, 0.3) is 12.2 Å². The number of carbonyl (C=O) groups excluding carboxylic acids is 2. The van der Waals surface area contributed by atoms with Gasteiger partial charge in [0.05, 0.1) is 5.70 Å². The molecule has 2 aromatic heterocycles. The van der Waals surface area contributed by atoms with E-state index in [0.717, 1.165) is 50.6 Å². The van der Waals surface area contributed by atoms with Crippen LogP contribution in [-0.4, -0.2) is 43.9 Å². The molecule has 0 unspecified atom stereocenters. The lowest BCUT2D eigenvalue weighted by Gasteiger charge is -2.07. The van der Waals surface area contributed by atoms with Gasteiger partial charge in [0.15, 0.2) is 0 Å². The van der Waals surface area contributed by atoms with E-state index < -0.39 is 11.9 Å². The van der Waals surface area contributed by atoms with Gasteiger partial charge in [-0.1, -0.05) is 25.3 Å². The molecule has 0 saturated carbocycles. The average Bonchev–Trinajstić information content (AvgIpc) is 3.59. The summed E-state index contributed by atoms with van der Waals surface area (Å²) in [6.07, 6.45) is 7.58. The van der Waals surface area contributed by atoms with Crippen LogP contribution in [0.15, 0.2) is 59.0 Å². The number of aromatic amines is 2. The van der Waals surface area contributed by atoms with Crippen molar-refractivity contribution < 1.29 is 29.4 Å². The van der Waals surface area contributed by atoms with Crippen LogP contribution < -0.4 is 10.6 Å². The van der Waals surface area contributed by atoms with Crippen molar-refractivity contribution in [2.24, 2.45) is 0 Å². The van der Waals surface area contributed by atoms with Gasteiger partial charge < -0.3 is 30.8 Å². The van der Waals surface area contributed by atoms with Gasteiger partial charge in [0.25, 0.3) is 11.8 Å². The fourth-order valence-corrected chi connectivity index (χ4v) is 5.61. The number of rotatable bonds is 12. The van der Waals surface area contributed by atoms with Crippen molar-refractivity contribution in [2.75, 3.05) is 0 Å². The van der Waals surface area contributed by atoms with Crippen molar-refractivity contribution in [1.82, 2.24) is 20.6 Å². The highest BCUT2D eigenvalue weighted by atomic mass is 16.4. The summed E-state index contributed by atoms with van der Waals surface area (Å²) in [6, 6.07) is 0. The lowest BCUT2D eigenvalue weighted by molar-refractivity contribution is -0.138. The fourth-order valence-electron chi connectivity index (χ4n) is 5.61. The predicted octanol–water partition coefficient (Wildman–Crippen LogP) is 4.53. The summed E-state index contributed by atoms with van der Waals surface area (Å²) >= 11 is 0. The van der Waals surface area contributed by atoms with Gasteiger partial charge in [0.1, 0.15) is 0 Å². The van der Waals surface area contributed by atoms with Crippen molar-refractivity contribution in [2.45, 2.75) is 59.8 Å². The summed E-state index contributed by atoms with van der Waals surface area (Å²) in [4.78, 5) is 54.5. The van der Waals surface area contributed by atoms with Crippen molar-refractivity contribution >= 4 is 35.9 Å². The molecule has 0 atom stereocenters. The number of hydrogen-bond donors (Lipinski definition) is 6. The number of aliphatic carboxylic acids is 2. The second kappa shape index (κ2) is 12.4. The zero-order valence-electron chi connectivity index (χ0n) is 24.8. The van der Waals surface area contributed by atoms with Crippen molar-refractivity contribution in [3.63, 3.8) is 0 Å². The van der Waals surface area contributed by atoms with E-state index >= 15 is 0 Å². The maximum atomic E-state index is 12.3. The highest BCUT2D eigenvalue weighted by Crippen LogP contribution is 2.31. The Morgan fingerprint density at radius 2 is 1.16 bits per heavy atom. The van der Waals surface area contributed by atoms with E-state index in [1.165, 1.54) is 6.08 Å². The average molecular weight is 585 g/mol. The molecule has 0 bridgehead atoms. The molecule has 0 saturated heterocycles. The molecule has 6 N–H and O–H groups in total. The fraction of sp³-hybridized carbons (Fsp3) is 0.273. The Hall–Kier alpha value is -5.12. The SMILES string of the molecule is C=CC1=C(C)C(=Cc2[nH]c(Cc3[nH]c(C=C4NC(=O)C(C)=C4C=C)c(C)c3CCC(=O)O)c(CCC(=O)O)c2C)NC1=O. The zero-order chi connectivity index (χ0) is 31.6. The van der Waals surface area contributed by atoms with Crippen molar-refractivity contribution in [3.8, 4) is 0 Å². The first-order valence-corrected chi connectivity index (χ1v) is 13.9. The molecule has 2 aliphatic heterocycles. The molecule has 0 fully saturated rings. The van der Waals surface area contributed by atoms with Crippen LogP contribution in [0.3, 0.4) is 0 Å². The lowest BCUT2D eigenvalue weighted by atomic mass is 9.98. The Morgan fingerprint density at radius 3 is 1.60 bits per heavy atom. The summed E-state index contributed by atoms with van der Waals surface area (Å²) in [7, 11) is 0. The van der Waals surface area contributed by atoms with Crippen LogP contribution in [0.4, 0.5) is 0 Å². The Morgan fingerprint density at radius 1 is 0.698 bits per heavy atom. The number of aromatic nitrogens is 2. The van der Waals surface area contributed by atoms with Crippen LogP contribution >= 0.6 is 0 Å². The number of allylic oxidation sites excluding steroid dienone is 2. The maximum Gasteiger partial charge on any atom is 0.303 e. The van der Waals surface area contributed by atoms with Gasteiger partial charge in [-0.15, -0.1) is 0 Å². The number of carboxylic acid groups (broad SMARTS) is 2. The van der Waals surface area contributed by atoms with Gasteiger partial charge >= 0.3 is 11.9 Å². The molecule has 2 aliphatic rings. The second-order valence-corrected chi connectivity index (χ2v) is 10.7. The number of H-pyrrole nitrogens is 2. The highest BCUT2D eigenvalue weighted by Gasteiger charge is 2.25. The molecule has 0 aliphatic carbocycles. The number of nitrogens with one attached hydrogen (secondary N) is 4. The first-order chi connectivity index (χ1) is 20.4. The molecule has 2 aromatic rings. The molecule has 224 valence electrons. The predicted molar refractivity (Wildman–Crippen MR) is 164 cm³/mol. The van der Waals surface area contributed by atoms with Crippen LogP contribution in [-0.2, 0) is 38.4 Å². The third kappa shape index (κ3) is 6.23. The molecular formula is C33H36N4O6. The Bertz CT molecular complexity index is 1710. The third-order valence-electron chi connectivity index (χ3n) is 8.11. The van der Waals surface area contributed by atoms with Gasteiger partial charge in [-0.3, -0.25) is 19.2 Å². The van der Waals surface area contributed by atoms with Crippen molar-refractivity contribution in [1.29, 1.82) is 0 Å². The first kappa shape index (κ1) is 30.8. The molecule has 43 heavy (non-hydrogen) atoms. The van der Waals surface area contributed by atoms with Gasteiger partial charge in [0, 0.05) is 64.5 Å². The molecule has 0 spiro atoms. The lowest BCUT2D eigenvalue weighted by Crippen LogP contribution is -2.15. The largest absolute Gasteiger partial charge is 0.481 e. The zero-order valence-corrected chi connectivity index (χ0v) is 24.8.